The van der Waals surface area contributed by atoms with Crippen LogP contribution in [0.25, 0.3) is 0 Å². The number of aromatic nitrogens is 3. The minimum Gasteiger partial charge on any atom is -0.368 e. The summed E-state index contributed by atoms with van der Waals surface area (Å²) in [4.78, 5) is 25.3. The molecule has 0 atom stereocenters. The van der Waals surface area contributed by atoms with E-state index in [1.54, 1.807) is 30.2 Å². The molecule has 0 spiro atoms. The van der Waals surface area contributed by atoms with Crippen LogP contribution in [0.4, 0.5) is 17.5 Å². The SMILES string of the molecule is Cc1cc(Nc2nccc(C(=O)N3CCN(c4cccc(Cl)c4)CC3)n2)no1. The van der Waals surface area contributed by atoms with E-state index in [9.17, 15) is 4.79 Å². The normalized spacial score (nSPS) is 14.2. The number of benzene rings is 1. The molecule has 9 heteroatoms. The van der Waals surface area contributed by atoms with Crippen molar-refractivity contribution in [3.8, 4) is 0 Å². The molecule has 1 aromatic carbocycles. The average molecular weight is 399 g/mol. The molecule has 1 amide bonds. The van der Waals surface area contributed by atoms with Crippen LogP contribution >= 0.6 is 11.6 Å². The maximum absolute atomic E-state index is 12.8. The van der Waals surface area contributed by atoms with Gasteiger partial charge in [0.15, 0.2) is 5.82 Å². The third-order valence-electron chi connectivity index (χ3n) is 4.48. The lowest BCUT2D eigenvalue weighted by atomic mass is 10.2. The van der Waals surface area contributed by atoms with Crippen molar-refractivity contribution in [2.45, 2.75) is 6.92 Å². The second-order valence-corrected chi connectivity index (χ2v) is 6.91. The summed E-state index contributed by atoms with van der Waals surface area (Å²) in [6.07, 6.45) is 1.55. The average Bonchev–Trinajstić information content (AvgIpc) is 3.12. The molecule has 0 aliphatic carbocycles. The molecular formula is C19H19ClN6O2. The topological polar surface area (TPSA) is 87.4 Å². The van der Waals surface area contributed by atoms with E-state index in [4.69, 9.17) is 16.1 Å². The van der Waals surface area contributed by atoms with Crippen molar-refractivity contribution in [3.63, 3.8) is 0 Å². The predicted octanol–water partition coefficient (Wildman–Crippen LogP) is 3.13. The number of hydrogen-bond donors (Lipinski definition) is 1. The standard InChI is InChI=1S/C19H19ClN6O2/c1-13-11-17(24-28-13)23-19-21-6-5-16(22-19)18(27)26-9-7-25(8-10-26)15-4-2-3-14(20)12-15/h2-6,11-12H,7-10H2,1H3,(H,21,22,23,24). The zero-order valence-corrected chi connectivity index (χ0v) is 16.1. The number of amides is 1. The van der Waals surface area contributed by atoms with Gasteiger partial charge in [-0.25, -0.2) is 9.97 Å². The number of nitrogens with zero attached hydrogens (tertiary/aromatic N) is 5. The summed E-state index contributed by atoms with van der Waals surface area (Å²) in [5, 5.41) is 7.49. The first-order valence-corrected chi connectivity index (χ1v) is 9.29. The first-order valence-electron chi connectivity index (χ1n) is 8.92. The van der Waals surface area contributed by atoms with Crippen LogP contribution in [0.3, 0.4) is 0 Å². The minimum absolute atomic E-state index is 0.118. The zero-order chi connectivity index (χ0) is 19.5. The van der Waals surface area contributed by atoms with Gasteiger partial charge in [0.2, 0.25) is 5.95 Å². The lowest BCUT2D eigenvalue weighted by Gasteiger charge is -2.36. The van der Waals surface area contributed by atoms with Gasteiger partial charge in [0.25, 0.3) is 5.91 Å². The first kappa shape index (κ1) is 18.2. The van der Waals surface area contributed by atoms with Crippen LogP contribution in [0.5, 0.6) is 0 Å². The lowest BCUT2D eigenvalue weighted by Crippen LogP contribution is -2.49. The highest BCUT2D eigenvalue weighted by Crippen LogP contribution is 2.21. The Morgan fingerprint density at radius 2 is 2.00 bits per heavy atom. The third kappa shape index (κ3) is 4.07. The molecule has 1 fully saturated rings. The maximum atomic E-state index is 12.8. The van der Waals surface area contributed by atoms with Crippen molar-refractivity contribution in [2.24, 2.45) is 0 Å². The highest BCUT2D eigenvalue weighted by atomic mass is 35.5. The molecule has 0 bridgehead atoms. The Morgan fingerprint density at radius 1 is 1.18 bits per heavy atom. The molecule has 28 heavy (non-hydrogen) atoms. The second kappa shape index (κ2) is 7.85. The number of rotatable bonds is 4. The van der Waals surface area contributed by atoms with Gasteiger partial charge in [-0.3, -0.25) is 4.79 Å². The molecular weight excluding hydrogens is 380 g/mol. The van der Waals surface area contributed by atoms with Crippen molar-refractivity contribution in [3.05, 3.63) is 59.1 Å². The van der Waals surface area contributed by atoms with Gasteiger partial charge < -0.3 is 19.6 Å². The predicted molar refractivity (Wildman–Crippen MR) is 106 cm³/mol. The van der Waals surface area contributed by atoms with Crippen LogP contribution in [-0.4, -0.2) is 52.1 Å². The van der Waals surface area contributed by atoms with Gasteiger partial charge in [0, 0.05) is 49.2 Å². The highest BCUT2D eigenvalue weighted by molar-refractivity contribution is 6.30. The van der Waals surface area contributed by atoms with Gasteiger partial charge in [-0.15, -0.1) is 0 Å². The van der Waals surface area contributed by atoms with E-state index in [-0.39, 0.29) is 5.91 Å². The summed E-state index contributed by atoms with van der Waals surface area (Å²) in [6, 6.07) is 11.1. The van der Waals surface area contributed by atoms with E-state index in [1.165, 1.54) is 0 Å². The van der Waals surface area contributed by atoms with Crippen LogP contribution < -0.4 is 10.2 Å². The lowest BCUT2D eigenvalue weighted by molar-refractivity contribution is 0.0741. The molecule has 8 nitrogen and oxygen atoms in total. The number of hydrogen-bond acceptors (Lipinski definition) is 7. The van der Waals surface area contributed by atoms with Crippen LogP contribution in [0, 0.1) is 6.92 Å². The zero-order valence-electron chi connectivity index (χ0n) is 15.3. The summed E-state index contributed by atoms with van der Waals surface area (Å²) in [6.45, 7) is 4.49. The Hall–Kier alpha value is -3.13. The molecule has 1 aliphatic heterocycles. The molecule has 0 saturated carbocycles. The Balaban J connectivity index is 1.40. The molecule has 4 rings (SSSR count). The fourth-order valence-electron chi connectivity index (χ4n) is 3.08. The van der Waals surface area contributed by atoms with E-state index in [0.29, 0.717) is 41.3 Å². The number of carbonyl (C=O) groups excluding carboxylic acids is 1. The summed E-state index contributed by atoms with van der Waals surface area (Å²) in [7, 11) is 0. The third-order valence-corrected chi connectivity index (χ3v) is 4.72. The number of anilines is 3. The van der Waals surface area contributed by atoms with Crippen LogP contribution in [-0.2, 0) is 0 Å². The fraction of sp³-hybridized carbons (Fsp3) is 0.263. The Morgan fingerprint density at radius 3 is 2.71 bits per heavy atom. The molecule has 144 valence electrons. The first-order chi connectivity index (χ1) is 13.6. The van der Waals surface area contributed by atoms with Crippen molar-refractivity contribution >= 4 is 35.0 Å². The van der Waals surface area contributed by atoms with Crippen LogP contribution in [0.2, 0.25) is 5.02 Å². The van der Waals surface area contributed by atoms with E-state index in [2.05, 4.69) is 25.3 Å². The van der Waals surface area contributed by atoms with Gasteiger partial charge in [-0.1, -0.05) is 22.8 Å². The van der Waals surface area contributed by atoms with Crippen LogP contribution in [0.15, 0.2) is 47.1 Å². The number of nitrogens with one attached hydrogen (secondary N) is 1. The monoisotopic (exact) mass is 398 g/mol. The fourth-order valence-corrected chi connectivity index (χ4v) is 3.26. The van der Waals surface area contributed by atoms with Gasteiger partial charge in [-0.05, 0) is 31.2 Å². The van der Waals surface area contributed by atoms with E-state index >= 15 is 0 Å². The molecule has 3 heterocycles. The second-order valence-electron chi connectivity index (χ2n) is 6.47. The quantitative estimate of drug-likeness (QED) is 0.722. The number of carbonyl (C=O) groups is 1. The van der Waals surface area contributed by atoms with Crippen molar-refractivity contribution in [2.75, 3.05) is 36.4 Å². The van der Waals surface area contributed by atoms with Gasteiger partial charge in [0.1, 0.15) is 11.5 Å². The Kier molecular flexibility index (Phi) is 5.12. The molecule has 3 aromatic rings. The van der Waals surface area contributed by atoms with Crippen molar-refractivity contribution in [1.29, 1.82) is 0 Å². The summed E-state index contributed by atoms with van der Waals surface area (Å²) in [5.41, 5.74) is 1.41. The maximum Gasteiger partial charge on any atom is 0.272 e. The highest BCUT2D eigenvalue weighted by Gasteiger charge is 2.23. The Bertz CT molecular complexity index is 984. The van der Waals surface area contributed by atoms with E-state index < -0.39 is 0 Å². The number of aryl methyl sites for hydroxylation is 1. The van der Waals surface area contributed by atoms with Crippen molar-refractivity contribution in [1.82, 2.24) is 20.0 Å². The molecule has 2 aromatic heterocycles. The minimum atomic E-state index is -0.118. The molecule has 1 aliphatic rings. The molecule has 1 saturated heterocycles. The molecule has 0 radical (unpaired) electrons. The number of halogens is 1. The van der Waals surface area contributed by atoms with E-state index in [1.807, 2.05) is 24.3 Å². The smallest absolute Gasteiger partial charge is 0.272 e. The Labute approximate surface area is 167 Å². The summed E-state index contributed by atoms with van der Waals surface area (Å²) < 4.78 is 5.01. The van der Waals surface area contributed by atoms with Crippen molar-refractivity contribution < 1.29 is 9.32 Å². The largest absolute Gasteiger partial charge is 0.368 e. The van der Waals surface area contributed by atoms with Crippen LogP contribution in [0.1, 0.15) is 16.2 Å². The van der Waals surface area contributed by atoms with Gasteiger partial charge in [0.05, 0.1) is 0 Å². The van der Waals surface area contributed by atoms with Gasteiger partial charge >= 0.3 is 0 Å². The molecule has 1 N–H and O–H groups in total. The summed E-state index contributed by atoms with van der Waals surface area (Å²) >= 11 is 6.08. The number of piperazine rings is 1. The molecule has 0 unspecified atom stereocenters. The summed E-state index contributed by atoms with van der Waals surface area (Å²) in [5.74, 6) is 1.36. The van der Waals surface area contributed by atoms with Gasteiger partial charge in [-0.2, -0.15) is 0 Å². The van der Waals surface area contributed by atoms with E-state index in [0.717, 1.165) is 18.8 Å².